The molecule has 2 heterocycles. The molecule has 0 aliphatic carbocycles. The van der Waals surface area contributed by atoms with Crippen molar-refractivity contribution in [3.8, 4) is 0 Å². The van der Waals surface area contributed by atoms with Gasteiger partial charge < -0.3 is 19.5 Å². The van der Waals surface area contributed by atoms with Crippen molar-refractivity contribution < 1.29 is 37.0 Å². The Balaban J connectivity index is 2.09. The molecule has 31 heavy (non-hydrogen) atoms. The molecule has 0 saturated carbocycles. The van der Waals surface area contributed by atoms with E-state index in [1.807, 2.05) is 0 Å². The van der Waals surface area contributed by atoms with Gasteiger partial charge in [-0.15, -0.1) is 0 Å². The Morgan fingerprint density at radius 2 is 1.77 bits per heavy atom. The van der Waals surface area contributed by atoms with Crippen molar-refractivity contribution in [1.29, 1.82) is 0 Å². The number of halogens is 3. The van der Waals surface area contributed by atoms with E-state index in [1.54, 1.807) is 13.8 Å². The highest BCUT2D eigenvalue weighted by atomic mass is 19.4. The lowest BCUT2D eigenvalue weighted by Gasteiger charge is -2.31. The van der Waals surface area contributed by atoms with E-state index >= 15 is 0 Å². The number of allylic oxidation sites excluding steroid dienone is 2. The number of esters is 2. The molecule has 0 unspecified atom stereocenters. The summed E-state index contributed by atoms with van der Waals surface area (Å²) in [4.78, 5) is 25.6. The number of nitrogens with one attached hydrogen (secondary N) is 1. The molecule has 0 radical (unpaired) electrons. The minimum absolute atomic E-state index is 0.0144. The Bertz CT molecular complexity index is 929. The maximum Gasteiger partial charge on any atom is 0.416 e. The van der Waals surface area contributed by atoms with Crippen LogP contribution in [0.15, 0.2) is 46.8 Å². The molecule has 3 rings (SSSR count). The first-order valence-electron chi connectivity index (χ1n) is 9.86. The number of benzene rings is 1. The van der Waals surface area contributed by atoms with Crippen LogP contribution in [0.4, 0.5) is 13.2 Å². The van der Waals surface area contributed by atoms with Gasteiger partial charge in [0, 0.05) is 18.0 Å². The Morgan fingerprint density at radius 3 is 2.35 bits per heavy atom. The van der Waals surface area contributed by atoms with E-state index in [0.29, 0.717) is 18.0 Å². The van der Waals surface area contributed by atoms with Gasteiger partial charge in [-0.05, 0) is 38.3 Å². The summed E-state index contributed by atoms with van der Waals surface area (Å²) in [6.45, 7) is 3.66. The zero-order chi connectivity index (χ0) is 22.8. The third kappa shape index (κ3) is 4.76. The molecule has 0 spiro atoms. The highest BCUT2D eigenvalue weighted by molar-refractivity contribution is 6.00. The second kappa shape index (κ2) is 9.13. The van der Waals surface area contributed by atoms with E-state index in [1.165, 1.54) is 18.2 Å². The van der Waals surface area contributed by atoms with E-state index < -0.39 is 29.6 Å². The first kappa shape index (κ1) is 22.9. The topological polar surface area (TPSA) is 73.9 Å². The molecule has 6 nitrogen and oxygen atoms in total. The van der Waals surface area contributed by atoms with Crippen molar-refractivity contribution in [3.05, 3.63) is 57.9 Å². The highest BCUT2D eigenvalue weighted by Crippen LogP contribution is 2.44. The summed E-state index contributed by atoms with van der Waals surface area (Å²) in [5.74, 6) is -2.94. The smallest absolute Gasteiger partial charge is 0.416 e. The van der Waals surface area contributed by atoms with E-state index in [-0.39, 0.29) is 29.4 Å². The normalized spacial score (nSPS) is 21.7. The van der Waals surface area contributed by atoms with Crippen LogP contribution in [-0.2, 0) is 30.0 Å². The number of dihydropyridines is 1. The first-order valence-corrected chi connectivity index (χ1v) is 9.86. The molecule has 1 aromatic rings. The summed E-state index contributed by atoms with van der Waals surface area (Å²) in [7, 11) is 1.13. The number of hydrogen-bond acceptors (Lipinski definition) is 6. The minimum Gasteiger partial charge on any atom is -0.466 e. The second-order valence-corrected chi connectivity index (χ2v) is 7.45. The van der Waals surface area contributed by atoms with Crippen molar-refractivity contribution in [3.63, 3.8) is 0 Å². The highest BCUT2D eigenvalue weighted by Gasteiger charge is 2.43. The van der Waals surface area contributed by atoms with E-state index in [0.717, 1.165) is 26.0 Å². The van der Waals surface area contributed by atoms with Gasteiger partial charge in [-0.2, -0.15) is 13.2 Å². The SMILES string of the molecule is COC(=O)C1=C(C)NC(C)=C(C(=O)OC[C@@H]2CCCO2)[C@@H]1c1ccccc1C(F)(F)F. The number of rotatable bonds is 5. The fraction of sp³-hybridized carbons (Fsp3) is 0.455. The number of carbonyl (C=O) groups is 2. The predicted octanol–water partition coefficient (Wildman–Crippen LogP) is 3.84. The zero-order valence-corrected chi connectivity index (χ0v) is 17.5. The maximum absolute atomic E-state index is 13.8. The van der Waals surface area contributed by atoms with Gasteiger partial charge in [0.15, 0.2) is 0 Å². The third-order valence-electron chi connectivity index (χ3n) is 5.39. The standard InChI is InChI=1S/C22H24F3NO5/c1-12-17(20(27)29-3)19(15-8-4-5-9-16(15)22(23,24)25)18(13(2)26-12)21(28)31-11-14-7-6-10-30-14/h4-5,8-9,14,19,26H,6-7,10-11H2,1-3H3/t14-,19+/m0/s1. The van der Waals surface area contributed by atoms with Gasteiger partial charge in [0.25, 0.3) is 0 Å². The molecule has 0 amide bonds. The number of hydrogen-bond donors (Lipinski definition) is 1. The summed E-state index contributed by atoms with van der Waals surface area (Å²) in [5.41, 5.74) is -0.686. The Hall–Kier alpha value is -2.81. The van der Waals surface area contributed by atoms with Gasteiger partial charge in [0.05, 0.1) is 35.8 Å². The number of ether oxygens (including phenoxy) is 3. The molecule has 168 valence electrons. The maximum atomic E-state index is 13.8. The summed E-state index contributed by atoms with van der Waals surface area (Å²) in [5, 5.41) is 2.91. The van der Waals surface area contributed by atoms with Gasteiger partial charge in [-0.25, -0.2) is 9.59 Å². The minimum atomic E-state index is -4.68. The summed E-state index contributed by atoms with van der Waals surface area (Å²) < 4.78 is 57.0. The van der Waals surface area contributed by atoms with Gasteiger partial charge in [-0.1, -0.05) is 18.2 Å². The van der Waals surface area contributed by atoms with Crippen LogP contribution < -0.4 is 5.32 Å². The molecule has 1 N–H and O–H groups in total. The Morgan fingerprint density at radius 1 is 1.13 bits per heavy atom. The lowest BCUT2D eigenvalue weighted by Crippen LogP contribution is -2.34. The van der Waals surface area contributed by atoms with E-state index in [2.05, 4.69) is 5.32 Å². The van der Waals surface area contributed by atoms with Crippen LogP contribution >= 0.6 is 0 Å². The summed E-state index contributed by atoms with van der Waals surface area (Å²) >= 11 is 0. The molecule has 0 bridgehead atoms. The number of carbonyl (C=O) groups excluding carboxylic acids is 2. The van der Waals surface area contributed by atoms with Gasteiger partial charge in [-0.3, -0.25) is 0 Å². The molecule has 1 saturated heterocycles. The zero-order valence-electron chi connectivity index (χ0n) is 17.5. The molecule has 2 aliphatic heterocycles. The van der Waals surface area contributed by atoms with Gasteiger partial charge >= 0.3 is 18.1 Å². The van der Waals surface area contributed by atoms with Gasteiger partial charge in [0.1, 0.15) is 6.61 Å². The second-order valence-electron chi connectivity index (χ2n) is 7.45. The fourth-order valence-corrected chi connectivity index (χ4v) is 3.99. The Kier molecular flexibility index (Phi) is 6.74. The molecule has 0 aromatic heterocycles. The monoisotopic (exact) mass is 439 g/mol. The van der Waals surface area contributed by atoms with Crippen molar-refractivity contribution in [2.75, 3.05) is 20.3 Å². The third-order valence-corrected chi connectivity index (χ3v) is 5.39. The van der Waals surface area contributed by atoms with Crippen molar-refractivity contribution in [1.82, 2.24) is 5.32 Å². The molecule has 1 aromatic carbocycles. The van der Waals surface area contributed by atoms with Crippen LogP contribution in [0.25, 0.3) is 0 Å². The largest absolute Gasteiger partial charge is 0.466 e. The quantitative estimate of drug-likeness (QED) is 0.703. The average Bonchev–Trinajstić information content (AvgIpc) is 3.24. The van der Waals surface area contributed by atoms with Crippen LogP contribution in [0.5, 0.6) is 0 Å². The first-order chi connectivity index (χ1) is 14.6. The summed E-state index contributed by atoms with van der Waals surface area (Å²) in [6, 6.07) is 4.87. The number of alkyl halides is 3. The fourth-order valence-electron chi connectivity index (χ4n) is 3.99. The number of methoxy groups -OCH3 is 1. The van der Waals surface area contributed by atoms with E-state index in [4.69, 9.17) is 14.2 Å². The molecular weight excluding hydrogens is 415 g/mol. The van der Waals surface area contributed by atoms with Crippen LogP contribution in [0.1, 0.15) is 43.7 Å². The molecule has 2 aliphatic rings. The molecular formula is C22H24F3NO5. The molecule has 9 heteroatoms. The molecule has 1 fully saturated rings. The lowest BCUT2D eigenvalue weighted by molar-refractivity contribution is -0.143. The lowest BCUT2D eigenvalue weighted by atomic mass is 9.78. The average molecular weight is 439 g/mol. The van der Waals surface area contributed by atoms with E-state index in [9.17, 15) is 22.8 Å². The van der Waals surface area contributed by atoms with Crippen LogP contribution in [0.3, 0.4) is 0 Å². The van der Waals surface area contributed by atoms with Crippen LogP contribution in [0.2, 0.25) is 0 Å². The van der Waals surface area contributed by atoms with Crippen LogP contribution in [0, 0.1) is 0 Å². The van der Waals surface area contributed by atoms with Crippen molar-refractivity contribution in [2.45, 2.75) is 44.9 Å². The Labute approximate surface area is 178 Å². The predicted molar refractivity (Wildman–Crippen MR) is 105 cm³/mol. The van der Waals surface area contributed by atoms with Crippen LogP contribution in [-0.4, -0.2) is 38.4 Å². The van der Waals surface area contributed by atoms with Crippen molar-refractivity contribution in [2.24, 2.45) is 0 Å². The molecule has 2 atom stereocenters. The summed E-state index contributed by atoms with van der Waals surface area (Å²) in [6.07, 6.45) is -3.35. The van der Waals surface area contributed by atoms with Crippen molar-refractivity contribution >= 4 is 11.9 Å². The van der Waals surface area contributed by atoms with Gasteiger partial charge in [0.2, 0.25) is 0 Å².